The molecule has 0 saturated heterocycles. The molecule has 0 aliphatic heterocycles. The van der Waals surface area contributed by atoms with Gasteiger partial charge in [0.25, 0.3) is 5.91 Å². The Bertz CT molecular complexity index is 678. The van der Waals surface area contributed by atoms with E-state index in [1.54, 1.807) is 18.2 Å². The van der Waals surface area contributed by atoms with Gasteiger partial charge in [0.15, 0.2) is 6.61 Å². The number of carbonyl (C=O) groups is 2. The number of aromatic nitrogens is 2. The highest BCUT2D eigenvalue weighted by molar-refractivity contribution is 6.29. The molecule has 108 valence electrons. The largest absolute Gasteiger partial charge is 0.482 e. The number of ether oxygens (including phenoxy) is 1. The molecule has 1 aromatic heterocycles. The minimum absolute atomic E-state index is 0.0688. The zero-order valence-corrected chi connectivity index (χ0v) is 11.4. The van der Waals surface area contributed by atoms with Crippen molar-refractivity contribution in [2.75, 3.05) is 11.9 Å². The van der Waals surface area contributed by atoms with E-state index in [1.165, 1.54) is 18.5 Å². The number of carboxylic acid groups (broad SMARTS) is 1. The zero-order valence-electron chi connectivity index (χ0n) is 10.6. The van der Waals surface area contributed by atoms with Crippen LogP contribution in [0.4, 0.5) is 5.69 Å². The number of carboxylic acids is 1. The van der Waals surface area contributed by atoms with Gasteiger partial charge < -0.3 is 15.2 Å². The second-order valence-corrected chi connectivity index (χ2v) is 4.28. The number of nitrogens with zero attached hydrogens (tertiary/aromatic N) is 2. The molecule has 2 N–H and O–H groups in total. The topological polar surface area (TPSA) is 101 Å². The summed E-state index contributed by atoms with van der Waals surface area (Å²) in [5.41, 5.74) is 0.504. The summed E-state index contributed by atoms with van der Waals surface area (Å²) in [5, 5.41) is 11.2. The molecule has 0 fully saturated rings. The van der Waals surface area contributed by atoms with Crippen molar-refractivity contribution in [2.24, 2.45) is 0 Å². The van der Waals surface area contributed by atoms with Crippen molar-refractivity contribution in [3.05, 3.63) is 47.5 Å². The van der Waals surface area contributed by atoms with E-state index in [2.05, 4.69) is 15.3 Å². The molecule has 1 amide bonds. The number of halogens is 1. The predicted octanol–water partition coefficient (Wildman–Crippen LogP) is 1.85. The first-order valence-corrected chi connectivity index (χ1v) is 6.16. The summed E-state index contributed by atoms with van der Waals surface area (Å²) in [7, 11) is 0. The van der Waals surface area contributed by atoms with Crippen LogP contribution in [0.5, 0.6) is 5.75 Å². The van der Waals surface area contributed by atoms with Crippen LogP contribution < -0.4 is 10.1 Å². The van der Waals surface area contributed by atoms with Crippen LogP contribution in [-0.2, 0) is 4.79 Å². The lowest BCUT2D eigenvalue weighted by Crippen LogP contribution is -2.14. The summed E-state index contributed by atoms with van der Waals surface area (Å²) < 4.78 is 5.01. The van der Waals surface area contributed by atoms with E-state index < -0.39 is 18.5 Å². The maximum atomic E-state index is 11.9. The molecule has 0 aliphatic rings. The summed E-state index contributed by atoms with van der Waals surface area (Å²) in [6.45, 7) is -0.461. The van der Waals surface area contributed by atoms with E-state index in [0.29, 0.717) is 11.4 Å². The minimum Gasteiger partial charge on any atom is -0.482 e. The maximum absolute atomic E-state index is 11.9. The van der Waals surface area contributed by atoms with Gasteiger partial charge in [0, 0.05) is 11.8 Å². The summed E-state index contributed by atoms with van der Waals surface area (Å²) >= 11 is 5.66. The molecule has 0 atom stereocenters. The first-order chi connectivity index (χ1) is 10.0. The lowest BCUT2D eigenvalue weighted by molar-refractivity contribution is -0.139. The highest BCUT2D eigenvalue weighted by atomic mass is 35.5. The number of nitrogens with one attached hydrogen (secondary N) is 1. The number of anilines is 1. The van der Waals surface area contributed by atoms with Crippen molar-refractivity contribution in [1.82, 2.24) is 9.97 Å². The number of hydrogen-bond donors (Lipinski definition) is 2. The van der Waals surface area contributed by atoms with E-state index in [0.717, 1.165) is 0 Å². The fourth-order valence-electron chi connectivity index (χ4n) is 1.46. The van der Waals surface area contributed by atoms with Crippen LogP contribution in [0.1, 0.15) is 10.5 Å². The van der Waals surface area contributed by atoms with E-state index >= 15 is 0 Å². The Morgan fingerprint density at radius 3 is 2.86 bits per heavy atom. The van der Waals surface area contributed by atoms with Crippen LogP contribution >= 0.6 is 11.6 Å². The second-order valence-electron chi connectivity index (χ2n) is 3.89. The highest BCUT2D eigenvalue weighted by Gasteiger charge is 2.09. The molecule has 0 bridgehead atoms. The first kappa shape index (κ1) is 14.7. The maximum Gasteiger partial charge on any atom is 0.341 e. The van der Waals surface area contributed by atoms with Crippen molar-refractivity contribution < 1.29 is 19.4 Å². The van der Waals surface area contributed by atoms with Crippen LogP contribution in [0.25, 0.3) is 0 Å². The Labute approximate surface area is 124 Å². The van der Waals surface area contributed by atoms with E-state index in [9.17, 15) is 9.59 Å². The molecular weight excluding hydrogens is 298 g/mol. The van der Waals surface area contributed by atoms with E-state index in [1.807, 2.05) is 0 Å². The Kier molecular flexibility index (Phi) is 4.68. The number of hydrogen-bond acceptors (Lipinski definition) is 5. The molecule has 0 saturated carbocycles. The van der Waals surface area contributed by atoms with Crippen molar-refractivity contribution in [2.45, 2.75) is 0 Å². The second kappa shape index (κ2) is 6.67. The first-order valence-electron chi connectivity index (χ1n) is 5.78. The van der Waals surface area contributed by atoms with E-state index in [4.69, 9.17) is 21.4 Å². The number of aliphatic carboxylic acids is 1. The standard InChI is InChI=1S/C13H10ClN3O4/c14-11-6-15-5-10(17-11)13(20)16-8-2-1-3-9(4-8)21-7-12(18)19/h1-6H,7H2,(H,16,20)(H,18,19). The monoisotopic (exact) mass is 307 g/mol. The number of carbonyl (C=O) groups excluding carboxylic acids is 1. The van der Waals surface area contributed by atoms with Gasteiger partial charge in [-0.1, -0.05) is 17.7 Å². The molecule has 7 nitrogen and oxygen atoms in total. The van der Waals surface area contributed by atoms with Crippen molar-refractivity contribution in [3.8, 4) is 5.75 Å². The molecule has 8 heteroatoms. The lowest BCUT2D eigenvalue weighted by Gasteiger charge is -2.07. The highest BCUT2D eigenvalue weighted by Crippen LogP contribution is 2.18. The van der Waals surface area contributed by atoms with Gasteiger partial charge in [-0.05, 0) is 12.1 Å². The molecule has 0 radical (unpaired) electrons. The summed E-state index contributed by atoms with van der Waals surface area (Å²) in [4.78, 5) is 30.0. The molecule has 21 heavy (non-hydrogen) atoms. The SMILES string of the molecule is O=C(O)COc1cccc(NC(=O)c2cncc(Cl)n2)c1. The van der Waals surface area contributed by atoms with Crippen LogP contribution in [0, 0.1) is 0 Å². The third-order valence-corrected chi connectivity index (χ3v) is 2.47. The third kappa shape index (κ3) is 4.43. The van der Waals surface area contributed by atoms with Crippen molar-refractivity contribution in [1.29, 1.82) is 0 Å². The average Bonchev–Trinajstić information content (AvgIpc) is 2.45. The lowest BCUT2D eigenvalue weighted by atomic mass is 10.3. The Balaban J connectivity index is 2.07. The molecule has 0 aliphatic carbocycles. The van der Waals surface area contributed by atoms with Gasteiger partial charge in [0.05, 0.1) is 12.4 Å². The van der Waals surface area contributed by atoms with Gasteiger partial charge in [-0.15, -0.1) is 0 Å². The molecule has 2 aromatic rings. The summed E-state index contributed by atoms with van der Waals surface area (Å²) in [6, 6.07) is 6.33. The molecule has 2 rings (SSSR count). The van der Waals surface area contributed by atoms with Crippen LogP contribution in [0.3, 0.4) is 0 Å². The van der Waals surface area contributed by atoms with Gasteiger partial charge >= 0.3 is 5.97 Å². The van der Waals surface area contributed by atoms with Crippen molar-refractivity contribution in [3.63, 3.8) is 0 Å². The zero-order chi connectivity index (χ0) is 15.2. The predicted molar refractivity (Wildman–Crippen MR) is 74.6 cm³/mol. The third-order valence-electron chi connectivity index (χ3n) is 2.29. The van der Waals surface area contributed by atoms with E-state index in [-0.39, 0.29) is 10.8 Å². The quantitative estimate of drug-likeness (QED) is 0.874. The molecule has 1 heterocycles. The van der Waals surface area contributed by atoms with Crippen LogP contribution in [0.15, 0.2) is 36.7 Å². The number of benzene rings is 1. The Hall–Kier alpha value is -2.67. The Morgan fingerprint density at radius 2 is 2.14 bits per heavy atom. The normalized spacial score (nSPS) is 9.95. The van der Waals surface area contributed by atoms with Gasteiger partial charge in [-0.2, -0.15) is 0 Å². The van der Waals surface area contributed by atoms with Crippen molar-refractivity contribution >= 4 is 29.2 Å². The Morgan fingerprint density at radius 1 is 1.33 bits per heavy atom. The van der Waals surface area contributed by atoms with Crippen LogP contribution in [0.2, 0.25) is 5.15 Å². The summed E-state index contributed by atoms with van der Waals surface area (Å²) in [6.07, 6.45) is 2.60. The number of amides is 1. The van der Waals surface area contributed by atoms with Gasteiger partial charge in [0.2, 0.25) is 0 Å². The minimum atomic E-state index is -1.08. The van der Waals surface area contributed by atoms with Gasteiger partial charge in [-0.25, -0.2) is 9.78 Å². The fraction of sp³-hybridized carbons (Fsp3) is 0.0769. The number of rotatable bonds is 5. The molecular formula is C13H10ClN3O4. The van der Waals surface area contributed by atoms with Gasteiger partial charge in [-0.3, -0.25) is 9.78 Å². The smallest absolute Gasteiger partial charge is 0.341 e. The molecule has 0 spiro atoms. The molecule has 0 unspecified atom stereocenters. The van der Waals surface area contributed by atoms with Crippen LogP contribution in [-0.4, -0.2) is 33.6 Å². The molecule has 1 aromatic carbocycles. The van der Waals surface area contributed by atoms with Gasteiger partial charge in [0.1, 0.15) is 16.6 Å². The average molecular weight is 308 g/mol. The fourth-order valence-corrected chi connectivity index (χ4v) is 1.60. The summed E-state index contributed by atoms with van der Waals surface area (Å²) in [5.74, 6) is -1.24.